The minimum absolute atomic E-state index is 0.0708. The predicted octanol–water partition coefficient (Wildman–Crippen LogP) is 1.10. The van der Waals surface area contributed by atoms with E-state index < -0.39 is 20.0 Å². The van der Waals surface area contributed by atoms with Crippen molar-refractivity contribution < 1.29 is 21.6 Å². The second-order valence-corrected chi connectivity index (χ2v) is 10.5. The highest BCUT2D eigenvalue weighted by Gasteiger charge is 2.31. The predicted molar refractivity (Wildman–Crippen MR) is 108 cm³/mol. The third-order valence-corrected chi connectivity index (χ3v) is 7.89. The van der Waals surface area contributed by atoms with Crippen molar-refractivity contribution in [2.45, 2.75) is 23.6 Å². The minimum Gasteiger partial charge on any atom is -0.336 e. The maximum atomic E-state index is 13.0. The lowest BCUT2D eigenvalue weighted by molar-refractivity contribution is 0.0697. The number of primary sulfonamides is 1. The van der Waals surface area contributed by atoms with Gasteiger partial charge in [-0.3, -0.25) is 4.79 Å². The van der Waals surface area contributed by atoms with E-state index >= 15 is 0 Å². The number of aryl methyl sites for hydroxylation is 2. The van der Waals surface area contributed by atoms with E-state index in [9.17, 15) is 21.6 Å². The standard InChI is InChI=1S/C19H23N3O5S2/c1-14-3-4-15(2)18(13-14)29(26,27)22-11-9-21(10-12-22)19(23)16-5-7-17(8-6-16)28(20,24)25/h3-8,13H,9-12H2,1-2H3,(H2,20,24,25). The van der Waals surface area contributed by atoms with E-state index in [2.05, 4.69) is 0 Å². The summed E-state index contributed by atoms with van der Waals surface area (Å²) in [4.78, 5) is 14.4. The molecule has 156 valence electrons. The van der Waals surface area contributed by atoms with Crippen LogP contribution in [0.3, 0.4) is 0 Å². The molecule has 1 aliphatic heterocycles. The maximum Gasteiger partial charge on any atom is 0.253 e. The number of carbonyl (C=O) groups is 1. The van der Waals surface area contributed by atoms with Crippen molar-refractivity contribution in [3.63, 3.8) is 0 Å². The van der Waals surface area contributed by atoms with Gasteiger partial charge in [0.15, 0.2) is 0 Å². The molecule has 0 radical (unpaired) electrons. The normalized spacial score (nSPS) is 16.0. The van der Waals surface area contributed by atoms with Gasteiger partial charge in [0.25, 0.3) is 5.91 Å². The van der Waals surface area contributed by atoms with Gasteiger partial charge in [0.2, 0.25) is 20.0 Å². The number of nitrogens with zero attached hydrogens (tertiary/aromatic N) is 2. The summed E-state index contributed by atoms with van der Waals surface area (Å²) in [7, 11) is -7.46. The zero-order chi connectivity index (χ0) is 21.4. The first-order valence-corrected chi connectivity index (χ1v) is 12.0. The van der Waals surface area contributed by atoms with Crippen LogP contribution in [0.25, 0.3) is 0 Å². The minimum atomic E-state index is -3.83. The van der Waals surface area contributed by atoms with E-state index in [0.717, 1.165) is 5.56 Å². The number of hydrogen-bond acceptors (Lipinski definition) is 5. The van der Waals surface area contributed by atoms with Crippen molar-refractivity contribution >= 4 is 26.0 Å². The van der Waals surface area contributed by atoms with Crippen LogP contribution in [0.5, 0.6) is 0 Å². The summed E-state index contributed by atoms with van der Waals surface area (Å²) in [5.41, 5.74) is 1.87. The molecule has 2 aromatic carbocycles. The lowest BCUT2D eigenvalue weighted by Gasteiger charge is -2.34. The second-order valence-electron chi connectivity index (χ2n) is 7.03. The molecule has 0 spiro atoms. The molecule has 1 saturated heterocycles. The van der Waals surface area contributed by atoms with E-state index in [4.69, 9.17) is 5.14 Å². The van der Waals surface area contributed by atoms with Crippen molar-refractivity contribution in [3.8, 4) is 0 Å². The fourth-order valence-electron chi connectivity index (χ4n) is 3.23. The first kappa shape index (κ1) is 21.4. The van der Waals surface area contributed by atoms with Gasteiger partial charge in [0.05, 0.1) is 9.79 Å². The van der Waals surface area contributed by atoms with Crippen LogP contribution in [0.1, 0.15) is 21.5 Å². The molecule has 0 aliphatic carbocycles. The Hall–Kier alpha value is -2.27. The number of sulfonamides is 2. The average molecular weight is 438 g/mol. The van der Waals surface area contributed by atoms with Gasteiger partial charge in [0.1, 0.15) is 0 Å². The molecule has 1 heterocycles. The first-order valence-electron chi connectivity index (χ1n) is 9.00. The first-order chi connectivity index (χ1) is 13.5. The highest BCUT2D eigenvalue weighted by atomic mass is 32.2. The van der Waals surface area contributed by atoms with Crippen molar-refractivity contribution in [2.24, 2.45) is 5.14 Å². The molecule has 29 heavy (non-hydrogen) atoms. The summed E-state index contributed by atoms with van der Waals surface area (Å²) in [5, 5.41) is 5.06. The molecule has 0 aromatic heterocycles. The van der Waals surface area contributed by atoms with Crippen LogP contribution in [0, 0.1) is 13.8 Å². The van der Waals surface area contributed by atoms with Crippen LogP contribution >= 0.6 is 0 Å². The van der Waals surface area contributed by atoms with Crippen LogP contribution in [0.15, 0.2) is 52.3 Å². The van der Waals surface area contributed by atoms with E-state index in [-0.39, 0.29) is 41.9 Å². The summed E-state index contributed by atoms with van der Waals surface area (Å²) >= 11 is 0. The Morgan fingerprint density at radius 2 is 1.48 bits per heavy atom. The van der Waals surface area contributed by atoms with Gasteiger partial charge in [-0.25, -0.2) is 22.0 Å². The molecule has 0 bridgehead atoms. The van der Waals surface area contributed by atoms with Crippen molar-refractivity contribution in [2.75, 3.05) is 26.2 Å². The average Bonchev–Trinajstić information content (AvgIpc) is 2.68. The Labute approximate surface area is 171 Å². The number of hydrogen-bond donors (Lipinski definition) is 1. The Bertz CT molecular complexity index is 1130. The molecule has 2 aromatic rings. The number of piperazine rings is 1. The summed E-state index contributed by atoms with van der Waals surface area (Å²) in [6, 6.07) is 10.7. The van der Waals surface area contributed by atoms with Crippen molar-refractivity contribution in [1.29, 1.82) is 0 Å². The maximum absolute atomic E-state index is 13.0. The highest BCUT2D eigenvalue weighted by Crippen LogP contribution is 2.23. The third kappa shape index (κ3) is 4.50. The fraction of sp³-hybridized carbons (Fsp3) is 0.316. The number of amides is 1. The number of benzene rings is 2. The number of nitrogens with two attached hydrogens (primary N) is 1. The fourth-order valence-corrected chi connectivity index (χ4v) is 5.47. The Kier molecular flexibility index (Phi) is 5.81. The van der Waals surface area contributed by atoms with Crippen LogP contribution in [-0.2, 0) is 20.0 Å². The SMILES string of the molecule is Cc1ccc(C)c(S(=O)(=O)N2CCN(C(=O)c3ccc(S(N)(=O)=O)cc3)CC2)c1. The lowest BCUT2D eigenvalue weighted by Crippen LogP contribution is -2.50. The third-order valence-electron chi connectivity index (χ3n) is 4.92. The monoisotopic (exact) mass is 437 g/mol. The van der Waals surface area contributed by atoms with E-state index in [0.29, 0.717) is 11.1 Å². The zero-order valence-electron chi connectivity index (χ0n) is 16.2. The molecule has 0 atom stereocenters. The summed E-state index contributed by atoms with van der Waals surface area (Å²) in [5.74, 6) is -0.283. The molecule has 3 rings (SSSR count). The largest absolute Gasteiger partial charge is 0.336 e. The smallest absolute Gasteiger partial charge is 0.253 e. The van der Waals surface area contributed by atoms with Gasteiger partial charge < -0.3 is 4.90 Å². The molecule has 2 N–H and O–H groups in total. The van der Waals surface area contributed by atoms with Gasteiger partial charge in [0, 0.05) is 31.7 Å². The summed E-state index contributed by atoms with van der Waals surface area (Å²) in [6.45, 7) is 4.49. The van der Waals surface area contributed by atoms with E-state index in [1.807, 2.05) is 13.0 Å². The van der Waals surface area contributed by atoms with Gasteiger partial charge >= 0.3 is 0 Å². The quantitative estimate of drug-likeness (QED) is 0.768. The van der Waals surface area contributed by atoms with Crippen LogP contribution in [0.2, 0.25) is 0 Å². The van der Waals surface area contributed by atoms with Crippen LogP contribution < -0.4 is 5.14 Å². The van der Waals surface area contributed by atoms with Crippen LogP contribution in [-0.4, -0.2) is 58.1 Å². The van der Waals surface area contributed by atoms with Gasteiger partial charge in [-0.2, -0.15) is 4.31 Å². The number of carbonyl (C=O) groups excluding carboxylic acids is 1. The van der Waals surface area contributed by atoms with Gasteiger partial charge in [-0.05, 0) is 55.3 Å². The van der Waals surface area contributed by atoms with Crippen LogP contribution in [0.4, 0.5) is 0 Å². The summed E-state index contributed by atoms with van der Waals surface area (Å²) in [6.07, 6.45) is 0. The molecule has 1 aliphatic rings. The van der Waals surface area contributed by atoms with E-state index in [1.165, 1.54) is 28.6 Å². The van der Waals surface area contributed by atoms with Crippen molar-refractivity contribution in [3.05, 3.63) is 59.2 Å². The molecular formula is C19H23N3O5S2. The lowest BCUT2D eigenvalue weighted by atomic mass is 10.2. The molecular weight excluding hydrogens is 414 g/mol. The second kappa shape index (κ2) is 7.86. The Balaban J connectivity index is 1.71. The molecule has 8 nitrogen and oxygen atoms in total. The number of rotatable bonds is 4. The van der Waals surface area contributed by atoms with Gasteiger partial charge in [-0.1, -0.05) is 12.1 Å². The van der Waals surface area contributed by atoms with E-state index in [1.54, 1.807) is 24.0 Å². The summed E-state index contributed by atoms with van der Waals surface area (Å²) < 4.78 is 50.0. The van der Waals surface area contributed by atoms with Gasteiger partial charge in [-0.15, -0.1) is 0 Å². The molecule has 1 fully saturated rings. The molecule has 1 amide bonds. The zero-order valence-corrected chi connectivity index (χ0v) is 17.8. The Morgan fingerprint density at radius 3 is 2.03 bits per heavy atom. The topological polar surface area (TPSA) is 118 Å². The van der Waals surface area contributed by atoms with Crippen molar-refractivity contribution in [1.82, 2.24) is 9.21 Å². The molecule has 0 saturated carbocycles. The highest BCUT2D eigenvalue weighted by molar-refractivity contribution is 7.89. The molecule has 0 unspecified atom stereocenters. The Morgan fingerprint density at radius 1 is 0.897 bits per heavy atom. The molecule has 10 heteroatoms.